The Hall–Kier alpha value is -1.91. The first-order chi connectivity index (χ1) is 11.7. The van der Waals surface area contributed by atoms with Crippen molar-refractivity contribution in [2.45, 2.75) is 25.0 Å². The number of nitrogens with zero attached hydrogens (tertiary/aromatic N) is 2. The smallest absolute Gasteiger partial charge is 0.134 e. The van der Waals surface area contributed by atoms with Crippen LogP contribution in [-0.4, -0.2) is 36.1 Å². The van der Waals surface area contributed by atoms with E-state index in [0.717, 1.165) is 41.7 Å². The van der Waals surface area contributed by atoms with Crippen LogP contribution in [0.2, 0.25) is 0 Å². The molecule has 0 spiro atoms. The van der Waals surface area contributed by atoms with Crippen LogP contribution in [0.5, 0.6) is 5.75 Å². The quantitative estimate of drug-likeness (QED) is 0.807. The fraction of sp³-hybridized carbons (Fsp3) is 0.450. The van der Waals surface area contributed by atoms with E-state index in [4.69, 9.17) is 4.74 Å². The average Bonchev–Trinajstić information content (AvgIpc) is 2.66. The minimum Gasteiger partial charge on any atom is -0.497 e. The number of rotatable bonds is 4. The third-order valence-corrected chi connectivity index (χ3v) is 5.79. The predicted molar refractivity (Wildman–Crippen MR) is 93.5 cm³/mol. The van der Waals surface area contributed by atoms with Crippen LogP contribution in [0.15, 0.2) is 43.1 Å². The molecule has 3 aliphatic heterocycles. The summed E-state index contributed by atoms with van der Waals surface area (Å²) in [6.45, 7) is 5.97. The molecule has 1 aromatic heterocycles. The third-order valence-electron chi connectivity index (χ3n) is 5.79. The van der Waals surface area contributed by atoms with Gasteiger partial charge < -0.3 is 4.74 Å². The van der Waals surface area contributed by atoms with Gasteiger partial charge in [0, 0.05) is 24.2 Å². The first-order valence-electron chi connectivity index (χ1n) is 8.66. The Labute approximate surface area is 142 Å². The van der Waals surface area contributed by atoms with Crippen LogP contribution in [0.4, 0.5) is 0 Å². The molecule has 24 heavy (non-hydrogen) atoms. The standard InChI is InChI=1S/C20H23N2O2/c1-3-13-12-22-9-7-14(13)10-19(22)20(23)16-6-8-21-18-5-4-15(24-2)11-17(16)18/h3-6,8,11,13-14,19-20H,1,7,9-10,12H2,2H3/t13-,14-,19+,20-/m0/s1. The molecule has 4 nitrogen and oxygen atoms in total. The lowest BCUT2D eigenvalue weighted by molar-refractivity contribution is -0.0692. The van der Waals surface area contributed by atoms with Crippen LogP contribution in [0.25, 0.3) is 10.9 Å². The van der Waals surface area contributed by atoms with Crippen LogP contribution in [0.3, 0.4) is 0 Å². The highest BCUT2D eigenvalue weighted by Crippen LogP contribution is 2.42. The molecule has 3 saturated heterocycles. The fourth-order valence-electron chi connectivity index (χ4n) is 4.42. The molecule has 1 unspecified atom stereocenters. The van der Waals surface area contributed by atoms with Gasteiger partial charge in [-0.05, 0) is 61.1 Å². The number of hydrogen-bond donors (Lipinski definition) is 0. The number of ether oxygens (including phenoxy) is 1. The van der Waals surface area contributed by atoms with E-state index in [-0.39, 0.29) is 6.04 Å². The van der Waals surface area contributed by atoms with E-state index < -0.39 is 6.10 Å². The van der Waals surface area contributed by atoms with Gasteiger partial charge in [0.15, 0.2) is 0 Å². The number of hydrogen-bond acceptors (Lipinski definition) is 3. The largest absolute Gasteiger partial charge is 0.497 e. The van der Waals surface area contributed by atoms with Crippen molar-refractivity contribution in [3.05, 3.63) is 48.7 Å². The summed E-state index contributed by atoms with van der Waals surface area (Å²) in [5.74, 6) is 1.91. The molecule has 0 N–H and O–H groups in total. The molecule has 5 rings (SSSR count). The highest BCUT2D eigenvalue weighted by molar-refractivity contribution is 5.83. The lowest BCUT2D eigenvalue weighted by atomic mass is 9.73. The van der Waals surface area contributed by atoms with E-state index in [2.05, 4.69) is 22.5 Å². The van der Waals surface area contributed by atoms with E-state index in [1.807, 2.05) is 24.3 Å². The van der Waals surface area contributed by atoms with E-state index in [0.29, 0.717) is 11.8 Å². The van der Waals surface area contributed by atoms with E-state index in [1.165, 1.54) is 6.42 Å². The van der Waals surface area contributed by atoms with Gasteiger partial charge in [0.1, 0.15) is 11.9 Å². The molecule has 4 heterocycles. The van der Waals surface area contributed by atoms with Crippen LogP contribution in [-0.2, 0) is 5.11 Å². The first kappa shape index (κ1) is 15.6. The fourth-order valence-corrected chi connectivity index (χ4v) is 4.42. The van der Waals surface area contributed by atoms with Gasteiger partial charge in [0.25, 0.3) is 0 Å². The monoisotopic (exact) mass is 323 g/mol. The second kappa shape index (κ2) is 6.19. The van der Waals surface area contributed by atoms with Crippen molar-refractivity contribution in [3.63, 3.8) is 0 Å². The highest BCUT2D eigenvalue weighted by Gasteiger charge is 2.42. The average molecular weight is 323 g/mol. The number of methoxy groups -OCH3 is 1. The topological polar surface area (TPSA) is 45.3 Å². The SMILES string of the molecule is C=C[C@H]1CN2CC[C@H]1C[C@@H]2[C@@H]([O])c1ccnc2ccc(OC)cc12. The Morgan fingerprint density at radius 2 is 2.29 bits per heavy atom. The zero-order valence-corrected chi connectivity index (χ0v) is 14.0. The third kappa shape index (κ3) is 2.50. The van der Waals surface area contributed by atoms with Gasteiger partial charge in [-0.1, -0.05) is 6.08 Å². The minimum absolute atomic E-state index is 0.0664. The van der Waals surface area contributed by atoms with Gasteiger partial charge in [-0.25, -0.2) is 5.11 Å². The maximum Gasteiger partial charge on any atom is 0.134 e. The first-order valence-corrected chi connectivity index (χ1v) is 8.66. The lowest BCUT2D eigenvalue weighted by Crippen LogP contribution is -2.54. The van der Waals surface area contributed by atoms with Crippen molar-refractivity contribution in [1.82, 2.24) is 9.88 Å². The van der Waals surface area contributed by atoms with Crippen LogP contribution in [0, 0.1) is 11.8 Å². The Kier molecular flexibility index (Phi) is 4.02. The van der Waals surface area contributed by atoms with Crippen LogP contribution >= 0.6 is 0 Å². The van der Waals surface area contributed by atoms with Crippen molar-refractivity contribution < 1.29 is 9.84 Å². The number of benzene rings is 1. The highest BCUT2D eigenvalue weighted by atomic mass is 16.5. The second-order valence-corrected chi connectivity index (χ2v) is 6.95. The van der Waals surface area contributed by atoms with Crippen molar-refractivity contribution in [2.24, 2.45) is 11.8 Å². The maximum atomic E-state index is 13.3. The molecule has 3 fully saturated rings. The summed E-state index contributed by atoms with van der Waals surface area (Å²) < 4.78 is 5.33. The molecule has 0 amide bonds. The predicted octanol–water partition coefficient (Wildman–Crippen LogP) is 3.61. The van der Waals surface area contributed by atoms with Gasteiger partial charge in [0.05, 0.1) is 12.6 Å². The van der Waals surface area contributed by atoms with Crippen LogP contribution in [0.1, 0.15) is 24.5 Å². The zero-order valence-electron chi connectivity index (χ0n) is 14.0. The van der Waals surface area contributed by atoms with Gasteiger partial charge in [0.2, 0.25) is 0 Å². The molecule has 1 aromatic carbocycles. The Morgan fingerprint density at radius 1 is 1.42 bits per heavy atom. The van der Waals surface area contributed by atoms with Crippen molar-refractivity contribution in [2.75, 3.05) is 20.2 Å². The molecule has 4 heteroatoms. The molecule has 3 aliphatic rings. The molecule has 1 radical (unpaired) electrons. The van der Waals surface area contributed by atoms with Crippen molar-refractivity contribution in [3.8, 4) is 5.75 Å². The molecular formula is C20H23N2O2. The molecule has 5 atom stereocenters. The summed E-state index contributed by atoms with van der Waals surface area (Å²) in [5, 5.41) is 14.3. The molecule has 2 bridgehead atoms. The summed E-state index contributed by atoms with van der Waals surface area (Å²) in [6, 6.07) is 7.70. The maximum absolute atomic E-state index is 13.3. The number of aromatic nitrogens is 1. The normalized spacial score (nSPS) is 30.2. The van der Waals surface area contributed by atoms with Gasteiger partial charge in [-0.15, -0.1) is 6.58 Å². The summed E-state index contributed by atoms with van der Waals surface area (Å²) in [4.78, 5) is 6.77. The molecule has 2 aromatic rings. The zero-order chi connectivity index (χ0) is 16.7. The van der Waals surface area contributed by atoms with E-state index in [1.54, 1.807) is 13.3 Å². The summed E-state index contributed by atoms with van der Waals surface area (Å²) >= 11 is 0. The number of fused-ring (bicyclic) bond motifs is 4. The van der Waals surface area contributed by atoms with Gasteiger partial charge >= 0.3 is 0 Å². The summed E-state index contributed by atoms with van der Waals surface area (Å²) in [5.41, 5.74) is 1.70. The van der Waals surface area contributed by atoms with Gasteiger partial charge in [-0.2, -0.15) is 0 Å². The molecule has 0 aliphatic carbocycles. The molecule has 0 saturated carbocycles. The molecular weight excluding hydrogens is 300 g/mol. The molecule has 125 valence electrons. The summed E-state index contributed by atoms with van der Waals surface area (Å²) in [7, 11) is 1.65. The van der Waals surface area contributed by atoms with Gasteiger partial charge in [-0.3, -0.25) is 9.88 Å². The Bertz CT molecular complexity index is 760. The second-order valence-electron chi connectivity index (χ2n) is 6.95. The summed E-state index contributed by atoms with van der Waals surface area (Å²) in [6.07, 6.45) is 5.22. The van der Waals surface area contributed by atoms with Crippen LogP contribution < -0.4 is 4.74 Å². The van der Waals surface area contributed by atoms with Crippen molar-refractivity contribution >= 4 is 10.9 Å². The minimum atomic E-state index is -0.754. The number of pyridine rings is 1. The van der Waals surface area contributed by atoms with E-state index in [9.17, 15) is 5.11 Å². The van der Waals surface area contributed by atoms with Crippen molar-refractivity contribution in [1.29, 1.82) is 0 Å². The Balaban J connectivity index is 1.69. The Morgan fingerprint density at radius 3 is 3.00 bits per heavy atom. The number of piperidine rings is 3. The van der Waals surface area contributed by atoms with E-state index >= 15 is 0 Å². The lowest BCUT2D eigenvalue weighted by Gasteiger charge is -2.50.